The molecule has 9 heteroatoms. The number of hydrogen-bond donors (Lipinski definition) is 1. The quantitative estimate of drug-likeness (QED) is 0.659. The molecule has 4 rings (SSSR count). The van der Waals surface area contributed by atoms with Gasteiger partial charge in [0.15, 0.2) is 0 Å². The molecule has 0 aliphatic heterocycles. The van der Waals surface area contributed by atoms with Gasteiger partial charge in [-0.15, -0.1) is 21.5 Å². The molecule has 7 nitrogen and oxygen atoms in total. The highest BCUT2D eigenvalue weighted by molar-refractivity contribution is 7.99. The van der Waals surface area contributed by atoms with Crippen LogP contribution in [0.1, 0.15) is 31.7 Å². The maximum atomic E-state index is 12.2. The first kappa shape index (κ1) is 16.3. The van der Waals surface area contributed by atoms with E-state index in [4.69, 9.17) is 4.42 Å². The lowest BCUT2D eigenvalue weighted by Crippen LogP contribution is -2.19. The topological polar surface area (TPSA) is 85.8 Å². The molecule has 1 amide bonds. The van der Waals surface area contributed by atoms with Crippen LogP contribution in [0.5, 0.6) is 0 Å². The van der Waals surface area contributed by atoms with Gasteiger partial charge < -0.3 is 9.73 Å². The molecule has 3 heterocycles. The second-order valence-corrected chi connectivity index (χ2v) is 7.66. The Morgan fingerprint density at radius 2 is 2.24 bits per heavy atom. The number of amides is 1. The van der Waals surface area contributed by atoms with Crippen molar-refractivity contribution >= 4 is 34.8 Å². The summed E-state index contributed by atoms with van der Waals surface area (Å²) in [4.78, 5) is 13.1. The van der Waals surface area contributed by atoms with E-state index in [0.717, 1.165) is 23.5 Å². The molecule has 3 aromatic rings. The molecule has 1 saturated carbocycles. The predicted molar refractivity (Wildman–Crippen MR) is 96.7 cm³/mol. The molecule has 0 unspecified atom stereocenters. The Balaban J connectivity index is 1.33. The number of hydrogen-bond acceptors (Lipinski definition) is 7. The van der Waals surface area contributed by atoms with Crippen molar-refractivity contribution < 1.29 is 9.21 Å². The zero-order valence-corrected chi connectivity index (χ0v) is 15.1. The first-order valence-electron chi connectivity index (χ1n) is 8.13. The van der Waals surface area contributed by atoms with Gasteiger partial charge in [0.2, 0.25) is 5.91 Å². The SMILES string of the molecule is O=C(CSc1nnc(-c2cccs2)o1)Nc1ccnn1C1CCCC1. The molecule has 25 heavy (non-hydrogen) atoms. The summed E-state index contributed by atoms with van der Waals surface area (Å²) in [7, 11) is 0. The number of thioether (sulfide) groups is 1. The van der Waals surface area contributed by atoms with Crippen molar-refractivity contribution in [2.45, 2.75) is 36.9 Å². The van der Waals surface area contributed by atoms with E-state index in [0.29, 0.717) is 17.2 Å². The third kappa shape index (κ3) is 3.77. The molecular weight excluding hydrogens is 358 g/mol. The van der Waals surface area contributed by atoms with Gasteiger partial charge in [0.1, 0.15) is 5.82 Å². The Hall–Kier alpha value is -2.13. The van der Waals surface area contributed by atoms with Crippen LogP contribution < -0.4 is 5.32 Å². The van der Waals surface area contributed by atoms with Crippen LogP contribution in [-0.2, 0) is 4.79 Å². The molecule has 0 bridgehead atoms. The van der Waals surface area contributed by atoms with Crippen LogP contribution in [0.25, 0.3) is 10.8 Å². The monoisotopic (exact) mass is 375 g/mol. The highest BCUT2D eigenvalue weighted by Crippen LogP contribution is 2.31. The van der Waals surface area contributed by atoms with E-state index in [1.54, 1.807) is 6.20 Å². The lowest BCUT2D eigenvalue weighted by molar-refractivity contribution is -0.113. The fraction of sp³-hybridized carbons (Fsp3) is 0.375. The summed E-state index contributed by atoms with van der Waals surface area (Å²) >= 11 is 2.76. The van der Waals surface area contributed by atoms with Crippen LogP contribution in [0, 0.1) is 0 Å². The van der Waals surface area contributed by atoms with Crippen molar-refractivity contribution in [3.05, 3.63) is 29.8 Å². The molecule has 1 aliphatic carbocycles. The first-order valence-corrected chi connectivity index (χ1v) is 9.99. The van der Waals surface area contributed by atoms with Gasteiger partial charge in [-0.2, -0.15) is 5.10 Å². The summed E-state index contributed by atoms with van der Waals surface area (Å²) in [6.45, 7) is 0. The predicted octanol–water partition coefficient (Wildman–Crippen LogP) is 3.84. The molecule has 1 aliphatic rings. The number of nitrogens with zero attached hydrogens (tertiary/aromatic N) is 4. The Bertz CT molecular complexity index is 836. The average molecular weight is 375 g/mol. The normalized spacial score (nSPS) is 14.9. The van der Waals surface area contributed by atoms with Gasteiger partial charge in [-0.25, -0.2) is 4.68 Å². The minimum Gasteiger partial charge on any atom is -0.410 e. The minimum atomic E-state index is -0.111. The van der Waals surface area contributed by atoms with E-state index < -0.39 is 0 Å². The van der Waals surface area contributed by atoms with Gasteiger partial charge in [-0.3, -0.25) is 4.79 Å². The van der Waals surface area contributed by atoms with E-state index in [-0.39, 0.29) is 11.7 Å². The van der Waals surface area contributed by atoms with Crippen LogP contribution in [0.4, 0.5) is 5.82 Å². The number of carbonyl (C=O) groups excluding carboxylic acids is 1. The van der Waals surface area contributed by atoms with Crippen molar-refractivity contribution in [2.75, 3.05) is 11.1 Å². The molecule has 1 N–H and O–H groups in total. The second-order valence-electron chi connectivity index (χ2n) is 5.79. The van der Waals surface area contributed by atoms with Crippen molar-refractivity contribution in [2.24, 2.45) is 0 Å². The van der Waals surface area contributed by atoms with Crippen molar-refractivity contribution in [1.82, 2.24) is 20.0 Å². The lowest BCUT2D eigenvalue weighted by Gasteiger charge is -2.14. The van der Waals surface area contributed by atoms with Gasteiger partial charge >= 0.3 is 0 Å². The fourth-order valence-electron chi connectivity index (χ4n) is 2.93. The highest BCUT2D eigenvalue weighted by atomic mass is 32.2. The standard InChI is InChI=1S/C16H17N5O2S2/c22-14(18-13-7-8-17-21(13)11-4-1-2-5-11)10-25-16-20-19-15(23-16)12-6-3-9-24-12/h3,6-9,11H,1-2,4-5,10H2,(H,18,22). The van der Waals surface area contributed by atoms with Gasteiger partial charge in [0, 0.05) is 6.07 Å². The van der Waals surface area contributed by atoms with E-state index in [1.165, 1.54) is 35.9 Å². The smallest absolute Gasteiger partial charge is 0.277 e. The maximum absolute atomic E-state index is 12.2. The molecule has 0 spiro atoms. The van der Waals surface area contributed by atoms with E-state index in [1.807, 2.05) is 28.3 Å². The molecular formula is C16H17N5O2S2. The summed E-state index contributed by atoms with van der Waals surface area (Å²) in [6, 6.07) is 6.08. The third-order valence-corrected chi connectivity index (χ3v) is 5.75. The summed E-state index contributed by atoms with van der Waals surface area (Å²) in [5, 5.41) is 17.6. The van der Waals surface area contributed by atoms with Crippen LogP contribution in [0.3, 0.4) is 0 Å². The van der Waals surface area contributed by atoms with Crippen LogP contribution in [0.2, 0.25) is 0 Å². The van der Waals surface area contributed by atoms with Gasteiger partial charge in [-0.1, -0.05) is 30.7 Å². The Labute approximate surface area is 152 Å². The zero-order chi connectivity index (χ0) is 17.1. The molecule has 3 aromatic heterocycles. The molecule has 0 aromatic carbocycles. The minimum absolute atomic E-state index is 0.111. The molecule has 130 valence electrons. The van der Waals surface area contributed by atoms with E-state index in [2.05, 4.69) is 20.6 Å². The van der Waals surface area contributed by atoms with E-state index >= 15 is 0 Å². The number of nitrogens with one attached hydrogen (secondary N) is 1. The summed E-state index contributed by atoms with van der Waals surface area (Å²) in [5.41, 5.74) is 0. The summed E-state index contributed by atoms with van der Waals surface area (Å²) in [6.07, 6.45) is 6.40. The number of aromatic nitrogens is 4. The maximum Gasteiger partial charge on any atom is 0.277 e. The van der Waals surface area contributed by atoms with Crippen molar-refractivity contribution in [3.63, 3.8) is 0 Å². The Morgan fingerprint density at radius 3 is 3.04 bits per heavy atom. The van der Waals surface area contributed by atoms with Gasteiger partial charge in [0.05, 0.1) is 22.9 Å². The van der Waals surface area contributed by atoms with E-state index in [9.17, 15) is 4.79 Å². The van der Waals surface area contributed by atoms with Gasteiger partial charge in [-0.05, 0) is 24.3 Å². The first-order chi connectivity index (χ1) is 12.3. The number of carbonyl (C=O) groups is 1. The van der Waals surface area contributed by atoms with Crippen LogP contribution in [-0.4, -0.2) is 31.6 Å². The lowest BCUT2D eigenvalue weighted by atomic mass is 10.2. The molecule has 0 radical (unpaired) electrons. The molecule has 0 saturated heterocycles. The molecule has 0 atom stereocenters. The summed E-state index contributed by atoms with van der Waals surface area (Å²) < 4.78 is 7.50. The Morgan fingerprint density at radius 1 is 1.36 bits per heavy atom. The largest absolute Gasteiger partial charge is 0.410 e. The summed E-state index contributed by atoms with van der Waals surface area (Å²) in [5.74, 6) is 1.34. The van der Waals surface area contributed by atoms with Crippen LogP contribution in [0.15, 0.2) is 39.4 Å². The average Bonchev–Trinajstić information content (AvgIpc) is 3.40. The van der Waals surface area contributed by atoms with Gasteiger partial charge in [0.25, 0.3) is 11.1 Å². The third-order valence-electron chi connectivity index (χ3n) is 4.07. The number of thiophene rings is 1. The molecule has 1 fully saturated rings. The van der Waals surface area contributed by atoms with Crippen molar-refractivity contribution in [1.29, 1.82) is 0 Å². The zero-order valence-electron chi connectivity index (χ0n) is 13.4. The van der Waals surface area contributed by atoms with Crippen molar-refractivity contribution in [3.8, 4) is 10.8 Å². The van der Waals surface area contributed by atoms with Crippen LogP contribution >= 0.6 is 23.1 Å². The second kappa shape index (κ2) is 7.40. The Kier molecular flexibility index (Phi) is 4.84. The fourth-order valence-corrected chi connectivity index (χ4v) is 4.13. The number of rotatable bonds is 6. The number of anilines is 1. The highest BCUT2D eigenvalue weighted by Gasteiger charge is 2.20.